The van der Waals surface area contributed by atoms with Crippen molar-refractivity contribution in [2.75, 3.05) is 0 Å². The zero-order chi connectivity index (χ0) is 13.0. The van der Waals surface area contributed by atoms with Crippen molar-refractivity contribution in [2.24, 2.45) is 0 Å². The zero-order valence-corrected chi connectivity index (χ0v) is 9.96. The van der Waals surface area contributed by atoms with E-state index in [9.17, 15) is 4.79 Å². The van der Waals surface area contributed by atoms with Crippen LogP contribution in [0.3, 0.4) is 0 Å². The Labute approximate surface area is 108 Å². The SMILES string of the molecule is O=C(O)c1cnc(COc2ccc(Cl)cc2)nc1. The second-order valence-corrected chi connectivity index (χ2v) is 3.87. The van der Waals surface area contributed by atoms with E-state index in [1.165, 1.54) is 12.4 Å². The molecule has 0 aliphatic carbocycles. The first-order valence-electron chi connectivity index (χ1n) is 5.08. The van der Waals surface area contributed by atoms with Gasteiger partial charge in [-0.05, 0) is 24.3 Å². The third-order valence-electron chi connectivity index (χ3n) is 2.13. The number of aromatic carboxylic acids is 1. The van der Waals surface area contributed by atoms with Crippen LogP contribution in [0.15, 0.2) is 36.7 Å². The van der Waals surface area contributed by atoms with Crippen molar-refractivity contribution < 1.29 is 14.6 Å². The van der Waals surface area contributed by atoms with Crippen LogP contribution >= 0.6 is 11.6 Å². The molecule has 0 atom stereocenters. The minimum absolute atomic E-state index is 0.0465. The molecule has 2 rings (SSSR count). The summed E-state index contributed by atoms with van der Waals surface area (Å²) in [5, 5.41) is 9.31. The fourth-order valence-corrected chi connectivity index (χ4v) is 1.34. The van der Waals surface area contributed by atoms with Gasteiger partial charge in [0, 0.05) is 17.4 Å². The highest BCUT2D eigenvalue weighted by atomic mass is 35.5. The molecule has 92 valence electrons. The number of carboxylic acids is 1. The molecular formula is C12H9ClN2O3. The van der Waals surface area contributed by atoms with E-state index in [2.05, 4.69) is 9.97 Å². The van der Waals surface area contributed by atoms with Gasteiger partial charge in [0.25, 0.3) is 0 Å². The summed E-state index contributed by atoms with van der Waals surface area (Å²) in [6, 6.07) is 6.89. The van der Waals surface area contributed by atoms with Gasteiger partial charge in [-0.15, -0.1) is 0 Å². The Bertz CT molecular complexity index is 540. The molecule has 0 amide bonds. The van der Waals surface area contributed by atoms with Gasteiger partial charge < -0.3 is 9.84 Å². The first-order valence-corrected chi connectivity index (χ1v) is 5.45. The highest BCUT2D eigenvalue weighted by molar-refractivity contribution is 6.30. The van der Waals surface area contributed by atoms with E-state index in [1.807, 2.05) is 0 Å². The number of hydrogen-bond acceptors (Lipinski definition) is 4. The predicted octanol–water partition coefficient (Wildman–Crippen LogP) is 2.41. The Morgan fingerprint density at radius 2 is 1.83 bits per heavy atom. The summed E-state index contributed by atoms with van der Waals surface area (Å²) in [6.07, 6.45) is 2.49. The van der Waals surface area contributed by atoms with E-state index < -0.39 is 5.97 Å². The van der Waals surface area contributed by atoms with Crippen molar-refractivity contribution in [3.05, 3.63) is 53.1 Å². The molecule has 5 nitrogen and oxygen atoms in total. The van der Waals surface area contributed by atoms with Crippen molar-refractivity contribution >= 4 is 17.6 Å². The van der Waals surface area contributed by atoms with E-state index in [1.54, 1.807) is 24.3 Å². The molecule has 0 unspecified atom stereocenters. The Hall–Kier alpha value is -2.14. The van der Waals surface area contributed by atoms with Crippen LogP contribution in [-0.4, -0.2) is 21.0 Å². The average molecular weight is 265 g/mol. The molecule has 0 radical (unpaired) electrons. The Morgan fingerprint density at radius 3 is 2.39 bits per heavy atom. The molecule has 1 heterocycles. The lowest BCUT2D eigenvalue weighted by molar-refractivity contribution is 0.0695. The summed E-state index contributed by atoms with van der Waals surface area (Å²) >= 11 is 5.74. The Morgan fingerprint density at radius 1 is 1.22 bits per heavy atom. The van der Waals surface area contributed by atoms with Crippen LogP contribution in [0.2, 0.25) is 5.02 Å². The summed E-state index contributed by atoms with van der Waals surface area (Å²) in [5.74, 6) is 0.000399. The Balaban J connectivity index is 1.97. The highest BCUT2D eigenvalue weighted by Gasteiger charge is 2.04. The molecule has 0 aliphatic heterocycles. The zero-order valence-electron chi connectivity index (χ0n) is 9.21. The van der Waals surface area contributed by atoms with E-state index in [4.69, 9.17) is 21.4 Å². The molecule has 0 saturated carbocycles. The van der Waals surface area contributed by atoms with Gasteiger partial charge in [0.1, 0.15) is 12.4 Å². The third kappa shape index (κ3) is 3.18. The summed E-state index contributed by atoms with van der Waals surface area (Å²) in [7, 11) is 0. The van der Waals surface area contributed by atoms with Gasteiger partial charge in [0.05, 0.1) is 5.56 Å². The van der Waals surface area contributed by atoms with E-state index in [-0.39, 0.29) is 12.2 Å². The molecule has 0 bridgehead atoms. The lowest BCUT2D eigenvalue weighted by atomic mass is 10.3. The van der Waals surface area contributed by atoms with Crippen molar-refractivity contribution in [1.29, 1.82) is 0 Å². The number of hydrogen-bond donors (Lipinski definition) is 1. The molecule has 1 aromatic heterocycles. The number of aromatic nitrogens is 2. The second-order valence-electron chi connectivity index (χ2n) is 3.44. The Kier molecular flexibility index (Phi) is 3.74. The minimum Gasteiger partial charge on any atom is -0.486 e. The maximum absolute atomic E-state index is 10.6. The standard InChI is InChI=1S/C12H9ClN2O3/c13-9-1-3-10(4-2-9)18-7-11-14-5-8(6-15-11)12(16)17/h1-6H,7H2,(H,16,17). The quantitative estimate of drug-likeness (QED) is 0.918. The molecule has 0 fully saturated rings. The van der Waals surface area contributed by atoms with Crippen LogP contribution < -0.4 is 4.74 Å². The van der Waals surface area contributed by atoms with E-state index >= 15 is 0 Å². The lowest BCUT2D eigenvalue weighted by Crippen LogP contribution is -2.04. The number of rotatable bonds is 4. The third-order valence-corrected chi connectivity index (χ3v) is 2.39. The smallest absolute Gasteiger partial charge is 0.338 e. The lowest BCUT2D eigenvalue weighted by Gasteiger charge is -2.05. The van der Waals surface area contributed by atoms with Gasteiger partial charge in [-0.3, -0.25) is 0 Å². The van der Waals surface area contributed by atoms with Crippen LogP contribution in [0.4, 0.5) is 0 Å². The van der Waals surface area contributed by atoms with Gasteiger partial charge in [0.15, 0.2) is 5.82 Å². The average Bonchev–Trinajstić information content (AvgIpc) is 2.38. The number of carboxylic acid groups (broad SMARTS) is 1. The normalized spacial score (nSPS) is 10.1. The van der Waals surface area contributed by atoms with Crippen LogP contribution in [0.25, 0.3) is 0 Å². The van der Waals surface area contributed by atoms with Gasteiger partial charge >= 0.3 is 5.97 Å². The van der Waals surface area contributed by atoms with Crippen molar-refractivity contribution in [1.82, 2.24) is 9.97 Å². The maximum Gasteiger partial charge on any atom is 0.338 e. The van der Waals surface area contributed by atoms with E-state index in [0.717, 1.165) is 0 Å². The summed E-state index contributed by atoms with van der Waals surface area (Å²) in [4.78, 5) is 18.4. The van der Waals surface area contributed by atoms with Gasteiger partial charge in [-0.25, -0.2) is 14.8 Å². The first kappa shape index (κ1) is 12.3. The summed E-state index contributed by atoms with van der Waals surface area (Å²) in [6.45, 7) is 0.168. The first-order chi connectivity index (χ1) is 8.65. The molecule has 0 saturated heterocycles. The van der Waals surface area contributed by atoms with Crippen LogP contribution in [0.5, 0.6) is 5.75 Å². The fraction of sp³-hybridized carbons (Fsp3) is 0.0833. The minimum atomic E-state index is -1.06. The molecule has 1 aromatic carbocycles. The molecule has 18 heavy (non-hydrogen) atoms. The van der Waals surface area contributed by atoms with Crippen molar-refractivity contribution in [2.45, 2.75) is 6.61 Å². The molecule has 0 spiro atoms. The number of halogens is 1. The molecule has 0 aliphatic rings. The summed E-state index contributed by atoms with van der Waals surface area (Å²) < 4.78 is 5.42. The topological polar surface area (TPSA) is 72.3 Å². The maximum atomic E-state index is 10.6. The predicted molar refractivity (Wildman–Crippen MR) is 64.8 cm³/mol. The van der Waals surface area contributed by atoms with Gasteiger partial charge in [-0.2, -0.15) is 0 Å². The number of carbonyl (C=O) groups is 1. The van der Waals surface area contributed by atoms with Crippen molar-refractivity contribution in [3.8, 4) is 5.75 Å². The van der Waals surface area contributed by atoms with Gasteiger partial charge in [0.2, 0.25) is 0 Å². The van der Waals surface area contributed by atoms with Crippen LogP contribution in [-0.2, 0) is 6.61 Å². The van der Waals surface area contributed by atoms with Gasteiger partial charge in [-0.1, -0.05) is 11.6 Å². The number of ether oxygens (including phenoxy) is 1. The monoisotopic (exact) mass is 264 g/mol. The summed E-state index contributed by atoms with van der Waals surface area (Å²) in [5.41, 5.74) is 0.0465. The number of nitrogens with zero attached hydrogens (tertiary/aromatic N) is 2. The second kappa shape index (κ2) is 5.46. The highest BCUT2D eigenvalue weighted by Crippen LogP contribution is 2.16. The molecule has 6 heteroatoms. The largest absolute Gasteiger partial charge is 0.486 e. The van der Waals surface area contributed by atoms with E-state index in [0.29, 0.717) is 16.6 Å². The molecule has 2 aromatic rings. The van der Waals surface area contributed by atoms with Crippen LogP contribution in [0, 0.1) is 0 Å². The fourth-order valence-electron chi connectivity index (χ4n) is 1.22. The molecule has 1 N–H and O–H groups in total. The molecular weight excluding hydrogens is 256 g/mol. The van der Waals surface area contributed by atoms with Crippen LogP contribution in [0.1, 0.15) is 16.2 Å². The number of benzene rings is 1. The van der Waals surface area contributed by atoms with Crippen molar-refractivity contribution in [3.63, 3.8) is 0 Å².